The van der Waals surface area contributed by atoms with Crippen LogP contribution in [0.4, 0.5) is 0 Å². The Morgan fingerprint density at radius 1 is 1.29 bits per heavy atom. The number of carboxylic acid groups (broad SMARTS) is 1. The molecule has 0 saturated heterocycles. The van der Waals surface area contributed by atoms with Gasteiger partial charge >= 0.3 is 5.97 Å². The lowest BCUT2D eigenvalue weighted by atomic mass is 9.93. The third-order valence-corrected chi connectivity index (χ3v) is 5.27. The fourth-order valence-electron chi connectivity index (χ4n) is 2.51. The summed E-state index contributed by atoms with van der Waals surface area (Å²) >= 11 is 0. The van der Waals surface area contributed by atoms with Crippen LogP contribution in [0.25, 0.3) is 0 Å². The Hall–Kier alpha value is -1.44. The summed E-state index contributed by atoms with van der Waals surface area (Å²) in [5, 5.41) is 18.9. The van der Waals surface area contributed by atoms with Gasteiger partial charge in [-0.15, -0.1) is 0 Å². The fourth-order valence-corrected chi connectivity index (χ4v) is 3.84. The molecule has 0 radical (unpaired) electrons. The average Bonchev–Trinajstić information content (AvgIpc) is 2.41. The van der Waals surface area contributed by atoms with Crippen LogP contribution in [-0.4, -0.2) is 36.7 Å². The monoisotopic (exact) mass is 313 g/mol. The molecule has 1 aromatic rings. The average molecular weight is 313 g/mol. The van der Waals surface area contributed by atoms with Crippen LogP contribution < -0.4 is 4.72 Å². The van der Waals surface area contributed by atoms with Crippen molar-refractivity contribution in [2.75, 3.05) is 0 Å². The summed E-state index contributed by atoms with van der Waals surface area (Å²) in [4.78, 5) is 11.0. The Balaban J connectivity index is 2.27. The molecule has 6 nitrogen and oxygen atoms in total. The van der Waals surface area contributed by atoms with E-state index in [1.807, 2.05) is 0 Å². The molecule has 2 atom stereocenters. The smallest absolute Gasteiger partial charge is 0.335 e. The molecule has 0 unspecified atom stereocenters. The van der Waals surface area contributed by atoms with Crippen molar-refractivity contribution in [1.82, 2.24) is 4.72 Å². The molecule has 0 aromatic heterocycles. The summed E-state index contributed by atoms with van der Waals surface area (Å²) in [5.74, 6) is -1.16. The van der Waals surface area contributed by atoms with E-state index in [1.54, 1.807) is 6.92 Å². The van der Waals surface area contributed by atoms with Crippen molar-refractivity contribution >= 4 is 16.0 Å². The molecule has 116 valence electrons. The Morgan fingerprint density at radius 3 is 2.57 bits per heavy atom. The molecule has 21 heavy (non-hydrogen) atoms. The number of carboxylic acids is 1. The number of aliphatic hydroxyl groups excluding tert-OH is 1. The molecule has 1 fully saturated rings. The normalized spacial score (nSPS) is 23.0. The zero-order valence-corrected chi connectivity index (χ0v) is 12.6. The molecule has 1 aliphatic rings. The molecule has 0 aliphatic heterocycles. The first-order valence-electron chi connectivity index (χ1n) is 6.85. The molecule has 3 N–H and O–H groups in total. The second-order valence-electron chi connectivity index (χ2n) is 5.36. The lowest BCUT2D eigenvalue weighted by Gasteiger charge is -2.28. The van der Waals surface area contributed by atoms with Crippen molar-refractivity contribution in [3.8, 4) is 0 Å². The zero-order chi connectivity index (χ0) is 15.6. The number of aliphatic hydroxyl groups is 1. The SMILES string of the molecule is Cc1ccc(S(=O)(=O)N[C@H]2CCCC[C@@H]2O)cc1C(=O)O. The lowest BCUT2D eigenvalue weighted by molar-refractivity contribution is 0.0695. The van der Waals surface area contributed by atoms with E-state index in [4.69, 9.17) is 5.11 Å². The first-order chi connectivity index (χ1) is 9.81. The molecule has 1 saturated carbocycles. The van der Waals surface area contributed by atoms with E-state index >= 15 is 0 Å². The number of hydrogen-bond donors (Lipinski definition) is 3. The van der Waals surface area contributed by atoms with Crippen molar-refractivity contribution in [3.63, 3.8) is 0 Å². The summed E-state index contributed by atoms with van der Waals surface area (Å²) in [6, 6.07) is 3.47. The van der Waals surface area contributed by atoms with E-state index in [1.165, 1.54) is 12.1 Å². The number of rotatable bonds is 4. The van der Waals surface area contributed by atoms with Crippen LogP contribution in [0.15, 0.2) is 23.1 Å². The predicted octanol–water partition coefficient (Wildman–Crippen LogP) is 1.28. The fraction of sp³-hybridized carbons (Fsp3) is 0.500. The van der Waals surface area contributed by atoms with Crippen LogP contribution in [0, 0.1) is 6.92 Å². The summed E-state index contributed by atoms with van der Waals surface area (Å²) in [6.07, 6.45) is 2.20. The van der Waals surface area contributed by atoms with Gasteiger partial charge in [0.15, 0.2) is 0 Å². The van der Waals surface area contributed by atoms with Gasteiger partial charge < -0.3 is 10.2 Å². The Kier molecular flexibility index (Phi) is 4.65. The van der Waals surface area contributed by atoms with Crippen molar-refractivity contribution in [1.29, 1.82) is 0 Å². The second-order valence-corrected chi connectivity index (χ2v) is 7.08. The van der Waals surface area contributed by atoms with Crippen molar-refractivity contribution in [3.05, 3.63) is 29.3 Å². The summed E-state index contributed by atoms with van der Waals surface area (Å²) in [5.41, 5.74) is 0.459. The highest BCUT2D eigenvalue weighted by Gasteiger charge is 2.28. The first-order valence-corrected chi connectivity index (χ1v) is 8.34. The predicted molar refractivity (Wildman–Crippen MR) is 76.7 cm³/mol. The third-order valence-electron chi connectivity index (χ3n) is 3.79. The van der Waals surface area contributed by atoms with Gasteiger partial charge in [0.05, 0.1) is 16.6 Å². The number of sulfonamides is 1. The maximum atomic E-state index is 12.3. The first kappa shape index (κ1) is 15.9. The highest BCUT2D eigenvalue weighted by atomic mass is 32.2. The minimum Gasteiger partial charge on any atom is -0.478 e. The topological polar surface area (TPSA) is 104 Å². The number of carbonyl (C=O) groups is 1. The summed E-state index contributed by atoms with van der Waals surface area (Å²) < 4.78 is 27.1. The number of hydrogen-bond acceptors (Lipinski definition) is 4. The molecular formula is C14H19NO5S. The van der Waals surface area contributed by atoms with Crippen LogP contribution in [0.3, 0.4) is 0 Å². The maximum absolute atomic E-state index is 12.3. The second kappa shape index (κ2) is 6.13. The van der Waals surface area contributed by atoms with Gasteiger partial charge in [-0.05, 0) is 37.5 Å². The van der Waals surface area contributed by atoms with E-state index in [-0.39, 0.29) is 10.5 Å². The van der Waals surface area contributed by atoms with E-state index < -0.39 is 28.1 Å². The van der Waals surface area contributed by atoms with Crippen LogP contribution in [0.5, 0.6) is 0 Å². The number of aromatic carboxylic acids is 1. The molecule has 1 aliphatic carbocycles. The van der Waals surface area contributed by atoms with Gasteiger partial charge in [-0.25, -0.2) is 17.9 Å². The Morgan fingerprint density at radius 2 is 1.95 bits per heavy atom. The minimum atomic E-state index is -3.84. The molecule has 1 aromatic carbocycles. The minimum absolute atomic E-state index is 0.0398. The molecule has 0 heterocycles. The van der Waals surface area contributed by atoms with Crippen LogP contribution in [0.1, 0.15) is 41.6 Å². The van der Waals surface area contributed by atoms with Gasteiger partial charge in [-0.1, -0.05) is 18.9 Å². The van der Waals surface area contributed by atoms with Gasteiger partial charge in [0.2, 0.25) is 10.0 Å². The van der Waals surface area contributed by atoms with Crippen molar-refractivity contribution in [2.45, 2.75) is 49.6 Å². The van der Waals surface area contributed by atoms with Crippen LogP contribution in [-0.2, 0) is 10.0 Å². The lowest BCUT2D eigenvalue weighted by Crippen LogP contribution is -2.44. The van der Waals surface area contributed by atoms with Gasteiger partial charge in [0.1, 0.15) is 0 Å². The molecule has 0 amide bonds. The van der Waals surface area contributed by atoms with E-state index in [9.17, 15) is 18.3 Å². The standard InChI is InChI=1S/C14H19NO5S/c1-9-6-7-10(8-11(9)14(17)18)21(19,20)15-12-4-2-3-5-13(12)16/h6-8,12-13,15-16H,2-5H2,1H3,(H,17,18)/t12-,13-/m0/s1. The van der Waals surface area contributed by atoms with E-state index in [0.717, 1.165) is 18.9 Å². The number of aryl methyl sites for hydroxylation is 1. The molecule has 0 bridgehead atoms. The summed E-state index contributed by atoms with van der Waals surface area (Å²) in [7, 11) is -3.84. The van der Waals surface area contributed by atoms with E-state index in [2.05, 4.69) is 4.72 Å². The highest BCUT2D eigenvalue weighted by molar-refractivity contribution is 7.89. The van der Waals surface area contributed by atoms with E-state index in [0.29, 0.717) is 18.4 Å². The van der Waals surface area contributed by atoms with Gasteiger partial charge in [0.25, 0.3) is 0 Å². The maximum Gasteiger partial charge on any atom is 0.335 e. The Labute approximate surface area is 123 Å². The van der Waals surface area contributed by atoms with Gasteiger partial charge in [-0.2, -0.15) is 0 Å². The van der Waals surface area contributed by atoms with Gasteiger partial charge in [-0.3, -0.25) is 0 Å². The number of benzene rings is 1. The van der Waals surface area contributed by atoms with Crippen molar-refractivity contribution < 1.29 is 23.4 Å². The van der Waals surface area contributed by atoms with Crippen molar-refractivity contribution in [2.24, 2.45) is 0 Å². The quantitative estimate of drug-likeness (QED) is 0.776. The number of nitrogens with one attached hydrogen (secondary N) is 1. The molecule has 2 rings (SSSR count). The molecular weight excluding hydrogens is 294 g/mol. The highest BCUT2D eigenvalue weighted by Crippen LogP contribution is 2.21. The van der Waals surface area contributed by atoms with Gasteiger partial charge in [0, 0.05) is 6.04 Å². The zero-order valence-electron chi connectivity index (χ0n) is 11.7. The molecule has 0 spiro atoms. The largest absolute Gasteiger partial charge is 0.478 e. The van der Waals surface area contributed by atoms with Crippen LogP contribution in [0.2, 0.25) is 0 Å². The molecule has 7 heteroatoms. The summed E-state index contributed by atoms with van der Waals surface area (Å²) in [6.45, 7) is 1.61. The third kappa shape index (κ3) is 3.61. The van der Waals surface area contributed by atoms with Crippen LogP contribution >= 0.6 is 0 Å². The Bertz CT molecular complexity index is 641.